The number of amides is 2. The van der Waals surface area contributed by atoms with Crippen LogP contribution in [-0.4, -0.2) is 28.4 Å². The number of urea groups is 1. The summed E-state index contributed by atoms with van der Waals surface area (Å²) in [6.45, 7) is 0.128. The zero-order valence-electron chi connectivity index (χ0n) is 9.00. The first-order chi connectivity index (χ1) is 8.13. The van der Waals surface area contributed by atoms with E-state index in [1.54, 1.807) is 18.2 Å². The van der Waals surface area contributed by atoms with Gasteiger partial charge in [0, 0.05) is 0 Å². The van der Waals surface area contributed by atoms with Crippen LogP contribution in [0, 0.1) is 12.3 Å². The molecule has 1 aromatic rings. The Kier molecular flexibility index (Phi) is 2.71. The monoisotopic (exact) mass is 229 g/mol. The van der Waals surface area contributed by atoms with Crippen LogP contribution in [0.1, 0.15) is 11.6 Å². The van der Waals surface area contributed by atoms with Crippen molar-refractivity contribution in [2.24, 2.45) is 10.7 Å². The van der Waals surface area contributed by atoms with Crippen LogP contribution in [0.2, 0.25) is 0 Å². The highest BCUT2D eigenvalue weighted by Crippen LogP contribution is 2.28. The number of amidine groups is 1. The van der Waals surface area contributed by atoms with Crippen LogP contribution in [0.15, 0.2) is 29.3 Å². The number of nitrogens with zero attached hydrogens (tertiary/aromatic N) is 2. The van der Waals surface area contributed by atoms with Gasteiger partial charge >= 0.3 is 6.03 Å². The van der Waals surface area contributed by atoms with E-state index in [1.165, 1.54) is 11.0 Å². The predicted octanol–water partition coefficient (Wildman–Crippen LogP) is 0.859. The number of terminal acetylenes is 1. The molecule has 1 atom stereocenters. The Morgan fingerprint density at radius 2 is 2.35 bits per heavy atom. The molecule has 0 saturated heterocycles. The summed E-state index contributed by atoms with van der Waals surface area (Å²) in [5, 5.41) is 9.42. The zero-order chi connectivity index (χ0) is 12.4. The van der Waals surface area contributed by atoms with Gasteiger partial charge in [-0.1, -0.05) is 18.1 Å². The second-order valence-electron chi connectivity index (χ2n) is 3.65. The van der Waals surface area contributed by atoms with E-state index in [0.717, 1.165) is 0 Å². The Morgan fingerprint density at radius 1 is 1.59 bits per heavy atom. The van der Waals surface area contributed by atoms with Gasteiger partial charge in [0.15, 0.2) is 0 Å². The molecule has 17 heavy (non-hydrogen) atoms. The van der Waals surface area contributed by atoms with Crippen molar-refractivity contribution in [1.82, 2.24) is 4.90 Å². The summed E-state index contributed by atoms with van der Waals surface area (Å²) in [6, 6.07) is 5.57. The van der Waals surface area contributed by atoms with Crippen molar-refractivity contribution in [3.63, 3.8) is 0 Å². The van der Waals surface area contributed by atoms with E-state index in [0.29, 0.717) is 5.56 Å². The molecule has 1 aliphatic rings. The Morgan fingerprint density at radius 3 is 3.00 bits per heavy atom. The van der Waals surface area contributed by atoms with Crippen LogP contribution in [0.3, 0.4) is 0 Å². The number of nitrogens with two attached hydrogens (primary N) is 1. The third-order valence-corrected chi connectivity index (χ3v) is 2.51. The number of phenols is 1. The molecule has 0 bridgehead atoms. The summed E-state index contributed by atoms with van der Waals surface area (Å²) < 4.78 is 0. The first-order valence-electron chi connectivity index (χ1n) is 5.00. The maximum Gasteiger partial charge on any atom is 0.346 e. The number of carbonyl (C=O) groups excluding carboxylic acids is 1. The van der Waals surface area contributed by atoms with E-state index in [2.05, 4.69) is 10.9 Å². The van der Waals surface area contributed by atoms with Crippen molar-refractivity contribution >= 4 is 11.9 Å². The molecule has 3 N–H and O–H groups in total. The van der Waals surface area contributed by atoms with Gasteiger partial charge in [-0.15, -0.1) is 6.42 Å². The van der Waals surface area contributed by atoms with Gasteiger partial charge < -0.3 is 10.8 Å². The normalized spacial score (nSPS) is 19.0. The first-order valence-corrected chi connectivity index (χ1v) is 5.00. The number of aromatic hydroxyl groups is 1. The lowest BCUT2D eigenvalue weighted by Gasteiger charge is -2.22. The lowest BCUT2D eigenvalue weighted by Crippen LogP contribution is -2.33. The summed E-state index contributed by atoms with van der Waals surface area (Å²) in [5.41, 5.74) is 6.40. The quantitative estimate of drug-likeness (QED) is 0.738. The number of hydrogen-bond donors (Lipinski definition) is 2. The van der Waals surface area contributed by atoms with Gasteiger partial charge in [-0.25, -0.2) is 4.79 Å². The molecule has 0 spiro atoms. The molecule has 1 unspecified atom stereocenters. The molecular formula is C12H11N3O2. The van der Waals surface area contributed by atoms with Crippen molar-refractivity contribution in [2.45, 2.75) is 6.04 Å². The minimum Gasteiger partial charge on any atom is -0.508 e. The fourth-order valence-corrected chi connectivity index (χ4v) is 1.81. The lowest BCUT2D eigenvalue weighted by atomic mass is 10.1. The van der Waals surface area contributed by atoms with E-state index < -0.39 is 12.1 Å². The largest absolute Gasteiger partial charge is 0.508 e. The van der Waals surface area contributed by atoms with E-state index in [9.17, 15) is 9.90 Å². The smallest absolute Gasteiger partial charge is 0.346 e. The maximum atomic E-state index is 11.5. The molecule has 1 heterocycles. The Hall–Kier alpha value is -2.48. The number of aliphatic imine (C=N–C) groups is 1. The average molecular weight is 229 g/mol. The topological polar surface area (TPSA) is 78.9 Å². The number of benzene rings is 1. The Labute approximate surface area is 98.6 Å². The van der Waals surface area contributed by atoms with Crippen LogP contribution in [0.5, 0.6) is 5.75 Å². The molecule has 5 heteroatoms. The van der Waals surface area contributed by atoms with E-state index in [1.807, 2.05) is 0 Å². The summed E-state index contributed by atoms with van der Waals surface area (Å²) in [6.07, 6.45) is 5.20. The van der Waals surface area contributed by atoms with Crippen molar-refractivity contribution in [2.75, 3.05) is 6.54 Å². The van der Waals surface area contributed by atoms with E-state index in [-0.39, 0.29) is 18.1 Å². The highest BCUT2D eigenvalue weighted by Gasteiger charge is 2.33. The van der Waals surface area contributed by atoms with E-state index in [4.69, 9.17) is 12.2 Å². The molecule has 0 fully saturated rings. The van der Waals surface area contributed by atoms with Crippen molar-refractivity contribution in [1.29, 1.82) is 0 Å². The van der Waals surface area contributed by atoms with Gasteiger partial charge in [0.2, 0.25) is 0 Å². The van der Waals surface area contributed by atoms with Crippen LogP contribution >= 0.6 is 0 Å². The molecular weight excluding hydrogens is 218 g/mol. The zero-order valence-corrected chi connectivity index (χ0v) is 9.00. The number of rotatable bonds is 2. The predicted molar refractivity (Wildman–Crippen MR) is 63.4 cm³/mol. The van der Waals surface area contributed by atoms with Crippen LogP contribution in [0.25, 0.3) is 0 Å². The maximum absolute atomic E-state index is 11.5. The van der Waals surface area contributed by atoms with Gasteiger partial charge in [0.25, 0.3) is 0 Å². The summed E-state index contributed by atoms with van der Waals surface area (Å²) in [7, 11) is 0. The lowest BCUT2D eigenvalue weighted by molar-refractivity contribution is 0.213. The SMILES string of the molecule is C#CCN1C(=O)N=C(N)C1c1cccc(O)c1. The van der Waals surface area contributed by atoms with Gasteiger partial charge in [-0.05, 0) is 17.7 Å². The summed E-state index contributed by atoms with van der Waals surface area (Å²) >= 11 is 0. The van der Waals surface area contributed by atoms with Crippen LogP contribution in [-0.2, 0) is 0 Å². The number of phenolic OH excluding ortho intramolecular Hbond substituents is 1. The van der Waals surface area contributed by atoms with Gasteiger partial charge in [0.1, 0.15) is 17.6 Å². The molecule has 1 aromatic carbocycles. The highest BCUT2D eigenvalue weighted by atomic mass is 16.3. The summed E-state index contributed by atoms with van der Waals surface area (Å²) in [5.74, 6) is 2.69. The number of carbonyl (C=O) groups is 1. The molecule has 0 aliphatic carbocycles. The highest BCUT2D eigenvalue weighted by molar-refractivity contribution is 6.03. The Bertz CT molecular complexity index is 531. The summed E-state index contributed by atoms with van der Waals surface area (Å²) in [4.78, 5) is 16.6. The van der Waals surface area contributed by atoms with Crippen molar-refractivity contribution < 1.29 is 9.90 Å². The van der Waals surface area contributed by atoms with Crippen molar-refractivity contribution in [3.8, 4) is 18.1 Å². The Balaban J connectivity index is 2.39. The van der Waals surface area contributed by atoms with Crippen LogP contribution in [0.4, 0.5) is 4.79 Å². The van der Waals surface area contributed by atoms with E-state index >= 15 is 0 Å². The molecule has 2 amide bonds. The third kappa shape index (κ3) is 1.93. The second-order valence-corrected chi connectivity index (χ2v) is 3.65. The molecule has 0 saturated carbocycles. The first kappa shape index (κ1) is 11.0. The molecule has 2 rings (SSSR count). The molecule has 5 nitrogen and oxygen atoms in total. The molecule has 0 radical (unpaired) electrons. The molecule has 1 aliphatic heterocycles. The van der Waals surface area contributed by atoms with Crippen molar-refractivity contribution in [3.05, 3.63) is 29.8 Å². The fraction of sp³-hybridized carbons (Fsp3) is 0.167. The van der Waals surface area contributed by atoms with Gasteiger partial charge in [0.05, 0.1) is 6.54 Å². The fourth-order valence-electron chi connectivity index (χ4n) is 1.81. The van der Waals surface area contributed by atoms with Crippen LogP contribution < -0.4 is 5.73 Å². The van der Waals surface area contributed by atoms with Gasteiger partial charge in [-0.3, -0.25) is 4.90 Å². The van der Waals surface area contributed by atoms with Gasteiger partial charge in [-0.2, -0.15) is 4.99 Å². The molecule has 86 valence electrons. The second kappa shape index (κ2) is 4.18. The molecule has 0 aromatic heterocycles. The standard InChI is InChI=1S/C12H11N3O2/c1-2-6-15-10(11(13)14-12(15)17)8-4-3-5-9(16)7-8/h1,3-5,7,10,16H,6H2,(H2,13,14,17). The number of hydrogen-bond acceptors (Lipinski definition) is 3. The third-order valence-electron chi connectivity index (χ3n) is 2.51. The minimum atomic E-state index is -0.495. The average Bonchev–Trinajstić information content (AvgIpc) is 2.54. The minimum absolute atomic E-state index is 0.107.